The van der Waals surface area contributed by atoms with E-state index in [1.807, 2.05) is 19.9 Å². The Bertz CT molecular complexity index is 467. The Balaban J connectivity index is 1.99. The van der Waals surface area contributed by atoms with Crippen molar-refractivity contribution in [3.63, 3.8) is 0 Å². The third-order valence-corrected chi connectivity index (χ3v) is 3.35. The highest BCUT2D eigenvalue weighted by molar-refractivity contribution is 5.96. The second-order valence-corrected chi connectivity index (χ2v) is 5.28. The molecule has 0 unspecified atom stereocenters. The molecule has 1 aliphatic heterocycles. The van der Waals surface area contributed by atoms with Crippen LogP contribution in [0.4, 0.5) is 0 Å². The molecule has 1 aliphatic rings. The van der Waals surface area contributed by atoms with Crippen LogP contribution in [0.15, 0.2) is 18.2 Å². The topological polar surface area (TPSA) is 67.8 Å². The van der Waals surface area contributed by atoms with Crippen LogP contribution in [0.1, 0.15) is 54.9 Å². The Morgan fingerprint density at radius 2 is 2.25 bits per heavy atom. The molecule has 0 aliphatic carbocycles. The van der Waals surface area contributed by atoms with Crippen molar-refractivity contribution >= 4 is 5.91 Å². The number of amides is 1. The predicted molar refractivity (Wildman–Crippen MR) is 74.3 cm³/mol. The van der Waals surface area contributed by atoms with E-state index in [1.165, 1.54) is 6.07 Å². The standard InChI is InChI=1S/C15H21NO4/c1-10(2)11-6-7-13(17)12(9-11)15(18)16-20-14-5-3-4-8-19-14/h6-7,9-10,14,17H,3-5,8H2,1-2H3,(H,16,18)/t14-/m1/s1. The number of ether oxygens (including phenoxy) is 1. The van der Waals surface area contributed by atoms with Crippen LogP contribution in [0, 0.1) is 0 Å². The molecule has 0 aromatic heterocycles. The number of carbonyl (C=O) groups excluding carboxylic acids is 1. The van der Waals surface area contributed by atoms with Gasteiger partial charge in [-0.25, -0.2) is 10.3 Å². The van der Waals surface area contributed by atoms with Crippen molar-refractivity contribution in [3.8, 4) is 5.75 Å². The molecule has 1 fully saturated rings. The number of carbonyl (C=O) groups is 1. The molecular formula is C15H21NO4. The van der Waals surface area contributed by atoms with E-state index in [2.05, 4.69) is 5.48 Å². The summed E-state index contributed by atoms with van der Waals surface area (Å²) in [6.07, 6.45) is 2.40. The van der Waals surface area contributed by atoms with E-state index >= 15 is 0 Å². The molecule has 1 saturated heterocycles. The molecule has 110 valence electrons. The van der Waals surface area contributed by atoms with Crippen molar-refractivity contribution in [2.24, 2.45) is 0 Å². The first-order valence-corrected chi connectivity index (χ1v) is 6.98. The zero-order valence-corrected chi connectivity index (χ0v) is 11.9. The number of hydroxylamine groups is 1. The summed E-state index contributed by atoms with van der Waals surface area (Å²) < 4.78 is 5.36. The van der Waals surface area contributed by atoms with E-state index in [0.29, 0.717) is 6.61 Å². The maximum atomic E-state index is 12.0. The van der Waals surface area contributed by atoms with Crippen molar-refractivity contribution in [1.82, 2.24) is 5.48 Å². The fourth-order valence-corrected chi connectivity index (χ4v) is 2.07. The molecule has 20 heavy (non-hydrogen) atoms. The minimum absolute atomic E-state index is 0.0555. The molecule has 5 heteroatoms. The number of hydrogen-bond acceptors (Lipinski definition) is 4. The van der Waals surface area contributed by atoms with E-state index in [4.69, 9.17) is 9.57 Å². The van der Waals surface area contributed by atoms with Crippen molar-refractivity contribution in [1.29, 1.82) is 0 Å². The van der Waals surface area contributed by atoms with E-state index < -0.39 is 12.2 Å². The fourth-order valence-electron chi connectivity index (χ4n) is 2.07. The quantitative estimate of drug-likeness (QED) is 0.832. The summed E-state index contributed by atoms with van der Waals surface area (Å²) in [5, 5.41) is 9.78. The predicted octanol–water partition coefficient (Wildman–Crippen LogP) is 2.70. The van der Waals surface area contributed by atoms with Gasteiger partial charge in [-0.2, -0.15) is 0 Å². The van der Waals surface area contributed by atoms with Crippen LogP contribution in [-0.4, -0.2) is 23.9 Å². The lowest BCUT2D eigenvalue weighted by atomic mass is 10.00. The molecule has 1 heterocycles. The highest BCUT2D eigenvalue weighted by Gasteiger charge is 2.18. The van der Waals surface area contributed by atoms with Gasteiger partial charge in [0, 0.05) is 13.0 Å². The lowest BCUT2D eigenvalue weighted by Crippen LogP contribution is -2.33. The SMILES string of the molecule is CC(C)c1ccc(O)c(C(=O)NO[C@@H]2CCCCO2)c1. The van der Waals surface area contributed by atoms with Crippen LogP contribution in [0.25, 0.3) is 0 Å². The third-order valence-electron chi connectivity index (χ3n) is 3.35. The smallest absolute Gasteiger partial charge is 0.278 e. The molecule has 2 rings (SSSR count). The number of phenols is 1. The van der Waals surface area contributed by atoms with Crippen molar-refractivity contribution in [2.75, 3.05) is 6.61 Å². The summed E-state index contributed by atoms with van der Waals surface area (Å²) in [6, 6.07) is 5.02. The Kier molecular flexibility index (Phi) is 4.98. The first-order valence-electron chi connectivity index (χ1n) is 6.98. The normalized spacial score (nSPS) is 19.1. The maximum absolute atomic E-state index is 12.0. The van der Waals surface area contributed by atoms with Gasteiger partial charge in [0.1, 0.15) is 5.75 Å². The molecule has 1 aromatic rings. The average Bonchev–Trinajstić information content (AvgIpc) is 2.46. The number of benzene rings is 1. The molecule has 1 amide bonds. The minimum atomic E-state index is -0.459. The monoisotopic (exact) mass is 279 g/mol. The van der Waals surface area contributed by atoms with Crippen LogP contribution < -0.4 is 5.48 Å². The average molecular weight is 279 g/mol. The van der Waals surface area contributed by atoms with E-state index in [1.54, 1.807) is 6.07 Å². The Labute approximate surface area is 118 Å². The van der Waals surface area contributed by atoms with Gasteiger partial charge in [-0.3, -0.25) is 4.79 Å². The molecular weight excluding hydrogens is 258 g/mol. The Morgan fingerprint density at radius 3 is 2.90 bits per heavy atom. The van der Waals surface area contributed by atoms with Gasteiger partial charge in [-0.05, 0) is 36.5 Å². The number of aromatic hydroxyl groups is 1. The number of phenolic OH excluding ortho intramolecular Hbond substituents is 1. The molecule has 1 atom stereocenters. The van der Waals surface area contributed by atoms with Crippen LogP contribution in [-0.2, 0) is 9.57 Å². The van der Waals surface area contributed by atoms with Crippen LogP contribution in [0.3, 0.4) is 0 Å². The van der Waals surface area contributed by atoms with Crippen molar-refractivity contribution < 1.29 is 19.5 Å². The summed E-state index contributed by atoms with van der Waals surface area (Å²) in [5.74, 6) is -0.232. The second-order valence-electron chi connectivity index (χ2n) is 5.28. The molecule has 0 saturated carbocycles. The van der Waals surface area contributed by atoms with Crippen LogP contribution in [0.2, 0.25) is 0 Å². The zero-order chi connectivity index (χ0) is 14.5. The largest absolute Gasteiger partial charge is 0.507 e. The van der Waals surface area contributed by atoms with Crippen LogP contribution >= 0.6 is 0 Å². The maximum Gasteiger partial charge on any atom is 0.278 e. The minimum Gasteiger partial charge on any atom is -0.507 e. The molecule has 0 spiro atoms. The summed E-state index contributed by atoms with van der Waals surface area (Å²) >= 11 is 0. The van der Waals surface area contributed by atoms with Gasteiger partial charge in [-0.1, -0.05) is 19.9 Å². The third kappa shape index (κ3) is 3.71. The molecule has 0 bridgehead atoms. The van der Waals surface area contributed by atoms with E-state index in [-0.39, 0.29) is 17.2 Å². The molecule has 1 aromatic carbocycles. The van der Waals surface area contributed by atoms with Gasteiger partial charge in [0.15, 0.2) is 6.29 Å². The van der Waals surface area contributed by atoms with Gasteiger partial charge in [0.25, 0.3) is 5.91 Å². The van der Waals surface area contributed by atoms with Gasteiger partial charge >= 0.3 is 0 Å². The first kappa shape index (κ1) is 14.8. The molecule has 2 N–H and O–H groups in total. The Hall–Kier alpha value is -1.59. The number of nitrogens with one attached hydrogen (secondary N) is 1. The first-order chi connectivity index (χ1) is 9.58. The van der Waals surface area contributed by atoms with E-state index in [9.17, 15) is 9.90 Å². The fraction of sp³-hybridized carbons (Fsp3) is 0.533. The summed E-state index contributed by atoms with van der Waals surface area (Å²) in [5.41, 5.74) is 3.55. The molecule has 0 radical (unpaired) electrons. The summed E-state index contributed by atoms with van der Waals surface area (Å²) in [6.45, 7) is 4.70. The highest BCUT2D eigenvalue weighted by Crippen LogP contribution is 2.23. The number of hydrogen-bond donors (Lipinski definition) is 2. The van der Waals surface area contributed by atoms with E-state index in [0.717, 1.165) is 24.8 Å². The number of rotatable bonds is 4. The summed E-state index contributed by atoms with van der Waals surface area (Å²) in [7, 11) is 0. The van der Waals surface area contributed by atoms with Crippen molar-refractivity contribution in [3.05, 3.63) is 29.3 Å². The second kappa shape index (κ2) is 6.72. The highest BCUT2D eigenvalue weighted by atomic mass is 16.8. The van der Waals surface area contributed by atoms with Gasteiger partial charge in [0.05, 0.1) is 5.56 Å². The summed E-state index contributed by atoms with van der Waals surface area (Å²) in [4.78, 5) is 17.3. The van der Waals surface area contributed by atoms with Gasteiger partial charge < -0.3 is 9.84 Å². The molecule has 5 nitrogen and oxygen atoms in total. The van der Waals surface area contributed by atoms with Gasteiger partial charge in [0.2, 0.25) is 0 Å². The Morgan fingerprint density at radius 1 is 1.45 bits per heavy atom. The lowest BCUT2D eigenvalue weighted by molar-refractivity contribution is -0.186. The van der Waals surface area contributed by atoms with Crippen molar-refractivity contribution in [2.45, 2.75) is 45.3 Å². The lowest BCUT2D eigenvalue weighted by Gasteiger charge is -2.22. The van der Waals surface area contributed by atoms with Gasteiger partial charge in [-0.15, -0.1) is 0 Å². The van der Waals surface area contributed by atoms with Crippen LogP contribution in [0.5, 0.6) is 5.75 Å². The zero-order valence-electron chi connectivity index (χ0n) is 11.9.